The van der Waals surface area contributed by atoms with Crippen molar-refractivity contribution in [2.45, 2.75) is 19.3 Å². The third kappa shape index (κ3) is 6.38. The Balaban J connectivity index is 1.37. The van der Waals surface area contributed by atoms with Gasteiger partial charge in [0.1, 0.15) is 0 Å². The number of hydrogen-bond donors (Lipinski definition) is 2. The van der Waals surface area contributed by atoms with Crippen LogP contribution in [0.25, 0.3) is 0 Å². The molecule has 1 aliphatic heterocycles. The Hall–Kier alpha value is -2.37. The Labute approximate surface area is 161 Å². The minimum absolute atomic E-state index is 0.0475. The van der Waals surface area contributed by atoms with Crippen molar-refractivity contribution in [3.63, 3.8) is 0 Å². The molecule has 27 heavy (non-hydrogen) atoms. The van der Waals surface area contributed by atoms with Crippen molar-refractivity contribution in [2.24, 2.45) is 0 Å². The third-order valence-corrected chi connectivity index (χ3v) is 4.72. The fourth-order valence-corrected chi connectivity index (χ4v) is 3.26. The highest BCUT2D eigenvalue weighted by Gasteiger charge is 2.15. The molecule has 1 fully saturated rings. The van der Waals surface area contributed by atoms with E-state index >= 15 is 0 Å². The zero-order chi connectivity index (χ0) is 18.7. The highest BCUT2D eigenvalue weighted by atomic mass is 16.5. The number of nitrogens with one attached hydrogen (secondary N) is 2. The summed E-state index contributed by atoms with van der Waals surface area (Å²) >= 11 is 0. The fourth-order valence-electron chi connectivity index (χ4n) is 3.26. The number of nitrogens with zero attached hydrogens (tertiary/aromatic N) is 1. The maximum Gasteiger partial charge on any atom is 0.225 e. The van der Waals surface area contributed by atoms with Gasteiger partial charge in [-0.3, -0.25) is 4.79 Å². The van der Waals surface area contributed by atoms with Crippen LogP contribution in [0, 0.1) is 0 Å². The van der Waals surface area contributed by atoms with Gasteiger partial charge in [-0.05, 0) is 37.1 Å². The predicted molar refractivity (Wildman–Crippen MR) is 110 cm³/mol. The molecule has 144 valence electrons. The zero-order valence-electron chi connectivity index (χ0n) is 15.8. The highest BCUT2D eigenvalue weighted by molar-refractivity contribution is 5.94. The largest absolute Gasteiger partial charge is 0.378 e. The molecule has 2 N–H and O–H groups in total. The van der Waals surface area contributed by atoms with E-state index in [9.17, 15) is 4.79 Å². The first-order chi connectivity index (χ1) is 13.3. The molecule has 0 spiro atoms. The second kappa shape index (κ2) is 10.7. The van der Waals surface area contributed by atoms with E-state index in [2.05, 4.69) is 45.9 Å². The Kier molecular flexibility index (Phi) is 7.69. The Morgan fingerprint density at radius 2 is 1.70 bits per heavy atom. The van der Waals surface area contributed by atoms with Crippen LogP contribution in [0.15, 0.2) is 54.6 Å². The lowest BCUT2D eigenvalue weighted by Crippen LogP contribution is -2.36. The number of aryl methyl sites for hydroxylation is 1. The molecule has 3 rings (SSSR count). The van der Waals surface area contributed by atoms with Crippen LogP contribution >= 0.6 is 0 Å². The maximum atomic E-state index is 12.3. The summed E-state index contributed by atoms with van der Waals surface area (Å²) < 4.78 is 5.42. The van der Waals surface area contributed by atoms with E-state index in [1.54, 1.807) is 0 Å². The zero-order valence-corrected chi connectivity index (χ0v) is 15.8. The number of benzene rings is 2. The van der Waals surface area contributed by atoms with Gasteiger partial charge in [-0.25, -0.2) is 0 Å². The number of morpholine rings is 1. The van der Waals surface area contributed by atoms with Crippen molar-refractivity contribution in [3.8, 4) is 0 Å². The fraction of sp³-hybridized carbons (Fsp3) is 0.409. The van der Waals surface area contributed by atoms with Gasteiger partial charge in [0, 0.05) is 26.1 Å². The standard InChI is InChI=1S/C22H29N3O2/c26-22(12-14-23-13-6-9-19-7-2-1-3-8-19)24-20-10-4-5-11-21(20)25-15-17-27-18-16-25/h1-5,7-8,10-11,23H,6,9,12-18H2,(H,24,26). The summed E-state index contributed by atoms with van der Waals surface area (Å²) in [4.78, 5) is 14.6. The van der Waals surface area contributed by atoms with Crippen LogP contribution in [-0.4, -0.2) is 45.3 Å². The molecule has 1 amide bonds. The molecule has 0 aromatic heterocycles. The number of rotatable bonds is 9. The molecule has 0 saturated carbocycles. The summed E-state index contributed by atoms with van der Waals surface area (Å²) in [6, 6.07) is 18.5. The van der Waals surface area contributed by atoms with Gasteiger partial charge >= 0.3 is 0 Å². The molecule has 1 heterocycles. The molecule has 1 aliphatic rings. The summed E-state index contributed by atoms with van der Waals surface area (Å²) in [5.74, 6) is 0.0475. The number of carbonyl (C=O) groups excluding carboxylic acids is 1. The second-order valence-electron chi connectivity index (χ2n) is 6.75. The summed E-state index contributed by atoms with van der Waals surface area (Å²) in [5, 5.41) is 6.43. The lowest BCUT2D eigenvalue weighted by atomic mass is 10.1. The predicted octanol–water partition coefficient (Wildman–Crippen LogP) is 3.07. The lowest BCUT2D eigenvalue weighted by Gasteiger charge is -2.30. The van der Waals surface area contributed by atoms with Crippen LogP contribution in [0.2, 0.25) is 0 Å². The summed E-state index contributed by atoms with van der Waals surface area (Å²) in [6.45, 7) is 4.79. The van der Waals surface area contributed by atoms with E-state index in [1.807, 2.05) is 24.3 Å². The molecule has 2 aromatic rings. The van der Waals surface area contributed by atoms with Crippen LogP contribution in [0.3, 0.4) is 0 Å². The van der Waals surface area contributed by atoms with Crippen molar-refractivity contribution >= 4 is 17.3 Å². The molecular weight excluding hydrogens is 338 g/mol. The second-order valence-corrected chi connectivity index (χ2v) is 6.75. The van der Waals surface area contributed by atoms with Crippen molar-refractivity contribution in [2.75, 3.05) is 49.6 Å². The van der Waals surface area contributed by atoms with Crippen LogP contribution in [0.5, 0.6) is 0 Å². The van der Waals surface area contributed by atoms with E-state index in [4.69, 9.17) is 4.74 Å². The highest BCUT2D eigenvalue weighted by Crippen LogP contribution is 2.26. The minimum Gasteiger partial charge on any atom is -0.378 e. The van der Waals surface area contributed by atoms with Gasteiger partial charge in [0.25, 0.3) is 0 Å². The number of ether oxygens (including phenoxy) is 1. The molecule has 1 saturated heterocycles. The first-order valence-electron chi connectivity index (χ1n) is 9.79. The van der Waals surface area contributed by atoms with Gasteiger partial charge in [0.2, 0.25) is 5.91 Å². The van der Waals surface area contributed by atoms with Gasteiger partial charge in [0.15, 0.2) is 0 Å². The van der Waals surface area contributed by atoms with E-state index in [0.717, 1.165) is 57.1 Å². The maximum absolute atomic E-state index is 12.3. The summed E-state index contributed by atoms with van der Waals surface area (Å²) in [5.41, 5.74) is 3.32. The molecule has 0 atom stereocenters. The van der Waals surface area contributed by atoms with E-state index in [-0.39, 0.29) is 5.91 Å². The molecule has 5 nitrogen and oxygen atoms in total. The molecular formula is C22H29N3O2. The monoisotopic (exact) mass is 367 g/mol. The number of anilines is 2. The average Bonchev–Trinajstić information content (AvgIpc) is 2.72. The smallest absolute Gasteiger partial charge is 0.225 e. The van der Waals surface area contributed by atoms with Crippen LogP contribution in [-0.2, 0) is 16.0 Å². The molecule has 0 radical (unpaired) electrons. The summed E-state index contributed by atoms with van der Waals surface area (Å²) in [7, 11) is 0. The quantitative estimate of drug-likeness (QED) is 0.669. The molecule has 0 unspecified atom stereocenters. The van der Waals surface area contributed by atoms with Crippen molar-refractivity contribution in [1.29, 1.82) is 0 Å². The van der Waals surface area contributed by atoms with E-state index in [1.165, 1.54) is 5.56 Å². The Morgan fingerprint density at radius 3 is 2.52 bits per heavy atom. The van der Waals surface area contributed by atoms with Crippen LogP contribution in [0.1, 0.15) is 18.4 Å². The van der Waals surface area contributed by atoms with Crippen molar-refractivity contribution in [3.05, 3.63) is 60.2 Å². The topological polar surface area (TPSA) is 53.6 Å². The molecule has 5 heteroatoms. The van der Waals surface area contributed by atoms with Gasteiger partial charge in [0.05, 0.1) is 24.6 Å². The molecule has 0 bridgehead atoms. The Bertz CT molecular complexity index is 700. The molecule has 0 aliphatic carbocycles. The Morgan fingerprint density at radius 1 is 0.963 bits per heavy atom. The van der Waals surface area contributed by atoms with Crippen LogP contribution in [0.4, 0.5) is 11.4 Å². The average molecular weight is 367 g/mol. The minimum atomic E-state index is 0.0475. The summed E-state index contributed by atoms with van der Waals surface area (Å²) in [6.07, 6.45) is 2.61. The lowest BCUT2D eigenvalue weighted by molar-refractivity contribution is -0.116. The van der Waals surface area contributed by atoms with Gasteiger partial charge in [-0.15, -0.1) is 0 Å². The van der Waals surface area contributed by atoms with Crippen LogP contribution < -0.4 is 15.5 Å². The number of amides is 1. The first kappa shape index (κ1) is 19.4. The van der Waals surface area contributed by atoms with Crippen molar-refractivity contribution in [1.82, 2.24) is 5.32 Å². The van der Waals surface area contributed by atoms with Crippen molar-refractivity contribution < 1.29 is 9.53 Å². The SMILES string of the molecule is O=C(CCNCCCc1ccccc1)Nc1ccccc1N1CCOCC1. The van der Waals surface area contributed by atoms with Gasteiger partial charge in [-0.2, -0.15) is 0 Å². The molecule has 2 aromatic carbocycles. The third-order valence-electron chi connectivity index (χ3n) is 4.72. The van der Waals surface area contributed by atoms with E-state index in [0.29, 0.717) is 13.0 Å². The number of para-hydroxylation sites is 2. The van der Waals surface area contributed by atoms with E-state index < -0.39 is 0 Å². The van der Waals surface area contributed by atoms with Gasteiger partial charge in [-0.1, -0.05) is 42.5 Å². The first-order valence-corrected chi connectivity index (χ1v) is 9.79. The van der Waals surface area contributed by atoms with Gasteiger partial charge < -0.3 is 20.3 Å². The normalized spacial score (nSPS) is 14.1. The number of carbonyl (C=O) groups is 1. The number of hydrogen-bond acceptors (Lipinski definition) is 4.